The van der Waals surface area contributed by atoms with E-state index >= 15 is 0 Å². The highest BCUT2D eigenvalue weighted by molar-refractivity contribution is 5.76. The summed E-state index contributed by atoms with van der Waals surface area (Å²) in [7, 11) is 1.66. The molecule has 2 N–H and O–H groups in total. The summed E-state index contributed by atoms with van der Waals surface area (Å²) in [5.41, 5.74) is 1.11. The lowest BCUT2D eigenvalue weighted by atomic mass is 9.89. The number of amides is 1. The Morgan fingerprint density at radius 2 is 1.91 bits per heavy atom. The highest BCUT2D eigenvalue weighted by Gasteiger charge is 2.34. The van der Waals surface area contributed by atoms with Gasteiger partial charge in [-0.1, -0.05) is 12.1 Å². The van der Waals surface area contributed by atoms with Crippen LogP contribution in [0.2, 0.25) is 0 Å². The van der Waals surface area contributed by atoms with E-state index < -0.39 is 0 Å². The molecule has 2 aliphatic heterocycles. The standard InChI is InChI=1S/C18H26N2O2/c1-12(14-3-7-17(22-2)8-4-14)19-18(21)11-13-9-15-5-6-16(10-13)20-15/h3-4,7-8,12-13,15-16,20H,5-6,9-11H2,1-2H3,(H,19,21). The second-order valence-electron chi connectivity index (χ2n) is 6.74. The Kier molecular flexibility index (Phi) is 4.67. The molecule has 120 valence electrons. The molecule has 2 aliphatic rings. The monoisotopic (exact) mass is 302 g/mol. The van der Waals surface area contributed by atoms with Gasteiger partial charge in [-0.05, 0) is 56.2 Å². The Hall–Kier alpha value is -1.55. The molecule has 1 aromatic rings. The van der Waals surface area contributed by atoms with Gasteiger partial charge in [0, 0.05) is 18.5 Å². The molecule has 3 atom stereocenters. The average molecular weight is 302 g/mol. The van der Waals surface area contributed by atoms with Gasteiger partial charge in [0.15, 0.2) is 0 Å². The molecule has 2 fully saturated rings. The lowest BCUT2D eigenvalue weighted by molar-refractivity contribution is -0.122. The van der Waals surface area contributed by atoms with Crippen LogP contribution >= 0.6 is 0 Å². The summed E-state index contributed by atoms with van der Waals surface area (Å²) < 4.78 is 5.16. The zero-order chi connectivity index (χ0) is 15.5. The number of piperidine rings is 1. The van der Waals surface area contributed by atoms with Crippen LogP contribution in [0, 0.1) is 5.92 Å². The summed E-state index contributed by atoms with van der Waals surface area (Å²) >= 11 is 0. The quantitative estimate of drug-likeness (QED) is 0.879. The summed E-state index contributed by atoms with van der Waals surface area (Å²) in [5.74, 6) is 1.56. The van der Waals surface area contributed by atoms with Crippen molar-refractivity contribution >= 4 is 5.91 Å². The third-order valence-corrected chi connectivity index (χ3v) is 5.04. The van der Waals surface area contributed by atoms with E-state index in [1.54, 1.807) is 7.11 Å². The molecule has 0 aliphatic carbocycles. The molecule has 3 unspecified atom stereocenters. The minimum Gasteiger partial charge on any atom is -0.497 e. The molecule has 22 heavy (non-hydrogen) atoms. The first-order valence-electron chi connectivity index (χ1n) is 8.33. The average Bonchev–Trinajstić information content (AvgIpc) is 2.86. The third kappa shape index (κ3) is 3.61. The number of fused-ring (bicyclic) bond motifs is 2. The number of hydrogen-bond acceptors (Lipinski definition) is 3. The molecule has 0 radical (unpaired) electrons. The third-order valence-electron chi connectivity index (χ3n) is 5.04. The highest BCUT2D eigenvalue weighted by Crippen LogP contribution is 2.32. The van der Waals surface area contributed by atoms with Crippen LogP contribution < -0.4 is 15.4 Å². The predicted molar refractivity (Wildman–Crippen MR) is 86.8 cm³/mol. The largest absolute Gasteiger partial charge is 0.497 e. The highest BCUT2D eigenvalue weighted by atomic mass is 16.5. The topological polar surface area (TPSA) is 50.4 Å². The van der Waals surface area contributed by atoms with Gasteiger partial charge in [0.2, 0.25) is 5.91 Å². The summed E-state index contributed by atoms with van der Waals surface area (Å²) in [6.07, 6.45) is 5.53. The van der Waals surface area contributed by atoms with E-state index in [9.17, 15) is 4.79 Å². The summed E-state index contributed by atoms with van der Waals surface area (Å²) in [6.45, 7) is 2.03. The maximum Gasteiger partial charge on any atom is 0.220 e. The number of carbonyl (C=O) groups excluding carboxylic acids is 1. The van der Waals surface area contributed by atoms with E-state index in [-0.39, 0.29) is 11.9 Å². The van der Waals surface area contributed by atoms with Gasteiger partial charge in [-0.3, -0.25) is 4.79 Å². The van der Waals surface area contributed by atoms with Crippen LogP contribution in [-0.2, 0) is 4.79 Å². The van der Waals surface area contributed by atoms with Gasteiger partial charge in [0.25, 0.3) is 0 Å². The summed E-state index contributed by atoms with van der Waals surface area (Å²) in [4.78, 5) is 12.3. The zero-order valence-corrected chi connectivity index (χ0v) is 13.5. The van der Waals surface area contributed by atoms with E-state index in [4.69, 9.17) is 4.74 Å². The Morgan fingerprint density at radius 1 is 1.27 bits per heavy atom. The van der Waals surface area contributed by atoms with Gasteiger partial charge in [0.05, 0.1) is 13.2 Å². The smallest absolute Gasteiger partial charge is 0.220 e. The summed E-state index contributed by atoms with van der Waals surface area (Å²) in [5, 5.41) is 6.76. The van der Waals surface area contributed by atoms with Crippen molar-refractivity contribution in [3.05, 3.63) is 29.8 Å². The first kappa shape index (κ1) is 15.3. The van der Waals surface area contributed by atoms with Crippen LogP contribution in [0.5, 0.6) is 5.75 Å². The first-order valence-corrected chi connectivity index (χ1v) is 8.33. The lowest BCUT2D eigenvalue weighted by Crippen LogP contribution is -2.40. The van der Waals surface area contributed by atoms with Crippen molar-refractivity contribution in [3.63, 3.8) is 0 Å². The zero-order valence-electron chi connectivity index (χ0n) is 13.5. The van der Waals surface area contributed by atoms with Crippen LogP contribution in [0.1, 0.15) is 50.6 Å². The Labute approximate surface area is 132 Å². The van der Waals surface area contributed by atoms with E-state index in [1.165, 1.54) is 12.8 Å². The fourth-order valence-electron chi connectivity index (χ4n) is 3.88. The Morgan fingerprint density at radius 3 is 2.50 bits per heavy atom. The molecule has 2 saturated heterocycles. The van der Waals surface area contributed by atoms with E-state index in [2.05, 4.69) is 10.6 Å². The van der Waals surface area contributed by atoms with Crippen molar-refractivity contribution < 1.29 is 9.53 Å². The van der Waals surface area contributed by atoms with Gasteiger partial charge >= 0.3 is 0 Å². The van der Waals surface area contributed by atoms with Crippen molar-refractivity contribution in [2.75, 3.05) is 7.11 Å². The van der Waals surface area contributed by atoms with Crippen molar-refractivity contribution in [2.24, 2.45) is 5.92 Å². The van der Waals surface area contributed by atoms with Gasteiger partial charge in [-0.2, -0.15) is 0 Å². The van der Waals surface area contributed by atoms with Gasteiger partial charge < -0.3 is 15.4 Å². The maximum absolute atomic E-state index is 12.3. The van der Waals surface area contributed by atoms with Gasteiger partial charge in [0.1, 0.15) is 5.75 Å². The Balaban J connectivity index is 1.50. The normalized spacial score (nSPS) is 28.2. The second kappa shape index (κ2) is 6.69. The van der Waals surface area contributed by atoms with E-state index in [0.29, 0.717) is 24.4 Å². The number of carbonyl (C=O) groups is 1. The molecule has 3 rings (SSSR count). The number of ether oxygens (including phenoxy) is 1. The van der Waals surface area contributed by atoms with Crippen LogP contribution in [0.4, 0.5) is 0 Å². The SMILES string of the molecule is COc1ccc(C(C)NC(=O)CC2CC3CCC(C2)N3)cc1. The van der Waals surface area contributed by atoms with Crippen LogP contribution in [0.15, 0.2) is 24.3 Å². The fourth-order valence-corrected chi connectivity index (χ4v) is 3.88. The molecule has 0 saturated carbocycles. The minimum atomic E-state index is 0.0387. The molecule has 4 heteroatoms. The second-order valence-corrected chi connectivity index (χ2v) is 6.74. The number of nitrogens with one attached hydrogen (secondary N) is 2. The Bertz CT molecular complexity index is 502. The number of rotatable bonds is 5. The summed E-state index contributed by atoms with van der Waals surface area (Å²) in [6, 6.07) is 9.22. The van der Waals surface area contributed by atoms with Gasteiger partial charge in [-0.25, -0.2) is 0 Å². The predicted octanol–water partition coefficient (Wildman–Crippen LogP) is 2.79. The minimum absolute atomic E-state index is 0.0387. The molecule has 1 aromatic carbocycles. The lowest BCUT2D eigenvalue weighted by Gasteiger charge is -2.29. The molecule has 1 amide bonds. The molecular formula is C18H26N2O2. The van der Waals surface area contributed by atoms with Crippen LogP contribution in [-0.4, -0.2) is 25.1 Å². The van der Waals surface area contributed by atoms with Crippen LogP contribution in [0.3, 0.4) is 0 Å². The van der Waals surface area contributed by atoms with Crippen molar-refractivity contribution in [3.8, 4) is 5.75 Å². The van der Waals surface area contributed by atoms with Crippen molar-refractivity contribution in [1.82, 2.24) is 10.6 Å². The molecule has 2 bridgehead atoms. The van der Waals surface area contributed by atoms with Crippen molar-refractivity contribution in [1.29, 1.82) is 0 Å². The molecular weight excluding hydrogens is 276 g/mol. The van der Waals surface area contributed by atoms with E-state index in [0.717, 1.165) is 24.2 Å². The maximum atomic E-state index is 12.3. The number of benzene rings is 1. The number of methoxy groups -OCH3 is 1. The van der Waals surface area contributed by atoms with Gasteiger partial charge in [-0.15, -0.1) is 0 Å². The molecule has 0 aromatic heterocycles. The molecule has 4 nitrogen and oxygen atoms in total. The fraction of sp³-hybridized carbons (Fsp3) is 0.611. The number of hydrogen-bond donors (Lipinski definition) is 2. The van der Waals surface area contributed by atoms with E-state index in [1.807, 2.05) is 31.2 Å². The molecule has 2 heterocycles. The first-order chi connectivity index (χ1) is 10.6. The van der Waals surface area contributed by atoms with Crippen molar-refractivity contribution in [2.45, 2.75) is 57.2 Å². The van der Waals surface area contributed by atoms with Crippen LogP contribution in [0.25, 0.3) is 0 Å². The molecule has 0 spiro atoms.